The normalized spacial score (nSPS) is 13.9. The Labute approximate surface area is 557 Å². The van der Waals surface area contributed by atoms with E-state index in [1.165, 1.54) is 65.8 Å². The Hall–Kier alpha value is -12.0. The average molecular weight is 1320 g/mol. The molecule has 6 aliphatic heterocycles. The Morgan fingerprint density at radius 1 is 0.162 bits per heavy atom. The van der Waals surface area contributed by atoms with Crippen molar-refractivity contribution in [3.63, 3.8) is 0 Å². The highest BCUT2D eigenvalue weighted by Gasteiger charge is 2.52. The zero-order valence-corrected chi connectivity index (χ0v) is 51.0. The van der Waals surface area contributed by atoms with Gasteiger partial charge in [-0.3, -0.25) is 0 Å². The van der Waals surface area contributed by atoms with Gasteiger partial charge in [-0.1, -0.05) is 103 Å². The molecule has 6 aliphatic rings. The fraction of sp³-hybridized carbons (Fsp3) is 0. The minimum Gasteiger partial charge on any atom is -0.306 e. The third-order valence-corrected chi connectivity index (χ3v) is 20.0. The number of nitrogens with zero attached hydrogens (tertiary/aromatic N) is 6. The van der Waals surface area contributed by atoms with E-state index in [1.807, 2.05) is 0 Å². The Balaban J connectivity index is 0.964. The van der Waals surface area contributed by atoms with Crippen LogP contribution in [0.4, 0.5) is 155 Å². The Kier molecular flexibility index (Phi) is 12.5. The van der Waals surface area contributed by atoms with Crippen molar-refractivity contribution in [3.8, 4) is 0 Å². The molecule has 19 rings (SSSR count). The molecule has 0 aromatic heterocycles. The standard InChI is InChI=1S/C78H39B3F12N6/c82-46-16-5-17-47(83)73(46)94-58-28-3-1-14-40(58)79-42-36-44-68(38-66(42)96(62-32-11-30-60(94)70(62)79)75-50(86)20-7-21-51(75)87)98(77-54(90)24-9-25-55(77)91)64-34-13-35-65-72(64)81(44)45-37-43-67(39-69(45)99(65)78-56(92)26-10-27-57(78)93)97(76-52(88)22-8-23-53(76)89)63-33-12-31-61-71(63)80(43)41-15-2-4-29-59(41)95(61)74-48(84)18-6-19-49(74)85/h1-39H. The van der Waals surface area contributed by atoms with Crippen LogP contribution in [0.25, 0.3) is 0 Å². The van der Waals surface area contributed by atoms with Gasteiger partial charge in [0.15, 0.2) is 0 Å². The molecule has 0 bridgehead atoms. The zero-order chi connectivity index (χ0) is 67.3. The average Bonchev–Trinajstić information content (AvgIpc) is 0.682. The lowest BCUT2D eigenvalue weighted by atomic mass is 9.29. The summed E-state index contributed by atoms with van der Waals surface area (Å²) < 4.78 is 205. The van der Waals surface area contributed by atoms with Crippen LogP contribution in [0.3, 0.4) is 0 Å². The summed E-state index contributed by atoms with van der Waals surface area (Å²) >= 11 is 0. The van der Waals surface area contributed by atoms with E-state index in [4.69, 9.17) is 0 Å². The number of benzene rings is 13. The van der Waals surface area contributed by atoms with Crippen LogP contribution in [0.2, 0.25) is 0 Å². The molecule has 0 saturated carbocycles. The maximum Gasteiger partial charge on any atom is 0.252 e. The van der Waals surface area contributed by atoms with Crippen LogP contribution in [0, 0.1) is 69.8 Å². The maximum atomic E-state index is 17.5. The van der Waals surface area contributed by atoms with Gasteiger partial charge in [0.2, 0.25) is 0 Å². The van der Waals surface area contributed by atoms with E-state index in [2.05, 4.69) is 0 Å². The van der Waals surface area contributed by atoms with E-state index in [0.717, 1.165) is 72.8 Å². The summed E-state index contributed by atoms with van der Waals surface area (Å²) in [5, 5.41) is 0. The highest BCUT2D eigenvalue weighted by Crippen LogP contribution is 2.53. The third kappa shape index (κ3) is 7.97. The van der Waals surface area contributed by atoms with Gasteiger partial charge < -0.3 is 29.4 Å². The van der Waals surface area contributed by atoms with Crippen molar-refractivity contribution < 1.29 is 52.7 Å². The van der Waals surface area contributed by atoms with Crippen molar-refractivity contribution in [1.82, 2.24) is 0 Å². The molecule has 0 aliphatic carbocycles. The highest BCUT2D eigenvalue weighted by atomic mass is 19.2. The van der Waals surface area contributed by atoms with Crippen molar-refractivity contribution >= 4 is 172 Å². The lowest BCUT2D eigenvalue weighted by molar-refractivity contribution is 0.584. The summed E-state index contributed by atoms with van der Waals surface area (Å²) in [6.45, 7) is -3.16. The Morgan fingerprint density at radius 3 is 0.556 bits per heavy atom. The second-order valence-corrected chi connectivity index (χ2v) is 24.9. The second-order valence-electron chi connectivity index (χ2n) is 24.9. The minimum absolute atomic E-state index is 0.0512. The molecule has 0 saturated heterocycles. The lowest BCUT2D eigenvalue weighted by Crippen LogP contribution is -2.67. The van der Waals surface area contributed by atoms with Crippen molar-refractivity contribution in [2.75, 3.05) is 29.4 Å². The first-order chi connectivity index (χ1) is 48.2. The predicted octanol–water partition coefficient (Wildman–Crippen LogP) is 15.6. The van der Waals surface area contributed by atoms with E-state index < -0.39 is 124 Å². The summed E-state index contributed by atoms with van der Waals surface area (Å²) in [4.78, 5) is 8.19. The van der Waals surface area contributed by atoms with Crippen LogP contribution < -0.4 is 78.6 Å². The summed E-state index contributed by atoms with van der Waals surface area (Å²) in [6.07, 6.45) is 0. The van der Waals surface area contributed by atoms with Crippen LogP contribution in [-0.2, 0) is 0 Å². The molecule has 13 aromatic rings. The third-order valence-electron chi connectivity index (χ3n) is 20.0. The molecule has 0 spiro atoms. The fourth-order valence-electron chi connectivity index (χ4n) is 16.3. The Bertz CT molecular complexity index is 5300. The molecular weight excluding hydrogens is 1280 g/mol. The van der Waals surface area contributed by atoms with Gasteiger partial charge in [0.25, 0.3) is 20.1 Å². The van der Waals surface area contributed by atoms with E-state index in [1.54, 1.807) is 127 Å². The molecule has 0 atom stereocenters. The van der Waals surface area contributed by atoms with E-state index >= 15 is 52.7 Å². The first-order valence-corrected chi connectivity index (χ1v) is 31.6. The minimum atomic E-state index is -1.20. The molecule has 0 fully saturated rings. The SMILES string of the molecule is Fc1cccc(F)c1N1c2ccccc2B2c3cc4c(cc3N(c3c(F)cccc3F)c3cccc1c32)N(c1c(F)cccc1F)c1cccc2c1B4c1cc3c(cc1N2c1c(F)cccc1F)N(c1c(F)cccc1F)c1cccc2c1B3c1ccccc1N2c1c(F)cccc1F. The van der Waals surface area contributed by atoms with Gasteiger partial charge in [0.1, 0.15) is 104 Å². The van der Waals surface area contributed by atoms with Gasteiger partial charge >= 0.3 is 0 Å². The van der Waals surface area contributed by atoms with Crippen molar-refractivity contribution in [1.29, 1.82) is 0 Å². The summed E-state index contributed by atoms with van der Waals surface area (Å²) in [5.41, 5.74) is 1.71. The highest BCUT2D eigenvalue weighted by molar-refractivity contribution is 7.04. The molecule has 0 unspecified atom stereocenters. The smallest absolute Gasteiger partial charge is 0.252 e. The van der Waals surface area contributed by atoms with E-state index in [-0.39, 0.29) is 73.3 Å². The predicted molar refractivity (Wildman–Crippen MR) is 368 cm³/mol. The van der Waals surface area contributed by atoms with E-state index in [0.29, 0.717) is 44.2 Å². The number of para-hydroxylation sites is 8. The first kappa shape index (κ1) is 58.4. The number of hydrogen-bond donors (Lipinski definition) is 0. The monoisotopic (exact) mass is 1320 g/mol. The number of fused-ring (bicyclic) bond motifs is 12. The van der Waals surface area contributed by atoms with Gasteiger partial charge in [-0.25, -0.2) is 52.7 Å². The molecule has 474 valence electrons. The molecule has 0 N–H and O–H groups in total. The summed E-state index contributed by atoms with van der Waals surface area (Å²) in [7, 11) is 0. The molecule has 0 amide bonds. The lowest BCUT2D eigenvalue weighted by Gasteiger charge is -2.48. The fourth-order valence-corrected chi connectivity index (χ4v) is 16.3. The van der Waals surface area contributed by atoms with Crippen molar-refractivity contribution in [2.24, 2.45) is 0 Å². The number of hydrogen-bond acceptors (Lipinski definition) is 6. The molecule has 0 radical (unpaired) electrons. The van der Waals surface area contributed by atoms with Crippen molar-refractivity contribution in [3.05, 3.63) is 306 Å². The molecule has 13 aromatic carbocycles. The number of rotatable bonds is 6. The molecule has 6 heterocycles. The van der Waals surface area contributed by atoms with E-state index in [9.17, 15) is 0 Å². The largest absolute Gasteiger partial charge is 0.306 e. The maximum absolute atomic E-state index is 17.5. The van der Waals surface area contributed by atoms with Crippen LogP contribution in [0.15, 0.2) is 237 Å². The number of anilines is 18. The second kappa shape index (κ2) is 21.3. The summed E-state index contributed by atoms with van der Waals surface area (Å²) in [6, 6.07) is 55.1. The van der Waals surface area contributed by atoms with Gasteiger partial charge in [-0.15, -0.1) is 0 Å². The Morgan fingerprint density at radius 2 is 0.333 bits per heavy atom. The van der Waals surface area contributed by atoms with Gasteiger partial charge in [-0.2, -0.15) is 0 Å². The van der Waals surface area contributed by atoms with Gasteiger partial charge in [0.05, 0.1) is 0 Å². The quantitative estimate of drug-likeness (QED) is 0.121. The van der Waals surface area contributed by atoms with Gasteiger partial charge in [0, 0.05) is 68.2 Å². The van der Waals surface area contributed by atoms with Crippen LogP contribution >= 0.6 is 0 Å². The molecule has 99 heavy (non-hydrogen) atoms. The topological polar surface area (TPSA) is 19.4 Å². The van der Waals surface area contributed by atoms with Crippen LogP contribution in [0.5, 0.6) is 0 Å². The summed E-state index contributed by atoms with van der Waals surface area (Å²) in [5.74, 6) is -12.0. The first-order valence-electron chi connectivity index (χ1n) is 31.6. The zero-order valence-electron chi connectivity index (χ0n) is 51.0. The van der Waals surface area contributed by atoms with Crippen molar-refractivity contribution in [2.45, 2.75) is 0 Å². The molecular formula is C78H39B3F12N6. The molecule has 21 heteroatoms. The van der Waals surface area contributed by atoms with Gasteiger partial charge in [-0.05, 0) is 183 Å². The number of halogens is 12. The molecule has 6 nitrogen and oxygen atoms in total. The van der Waals surface area contributed by atoms with Crippen LogP contribution in [-0.4, -0.2) is 20.1 Å². The van der Waals surface area contributed by atoms with Crippen LogP contribution in [0.1, 0.15) is 0 Å².